The summed E-state index contributed by atoms with van der Waals surface area (Å²) in [5.41, 5.74) is 8.99. The van der Waals surface area contributed by atoms with Gasteiger partial charge in [-0.25, -0.2) is 0 Å². The van der Waals surface area contributed by atoms with E-state index in [1.54, 1.807) is 0 Å². The van der Waals surface area contributed by atoms with Crippen LogP contribution in [0.5, 0.6) is 0 Å². The maximum Gasteiger partial charge on any atom is 0.0406 e. The molecular weight excluding hydrogens is 312 g/mol. The Labute approximate surface area is 148 Å². The molecule has 0 nitrogen and oxygen atoms in total. The number of fused-ring (bicyclic) bond motifs is 3. The predicted octanol–water partition coefficient (Wildman–Crippen LogP) is 5.87. The maximum absolute atomic E-state index is 5.91. The predicted molar refractivity (Wildman–Crippen MR) is 101 cm³/mol. The maximum atomic E-state index is 5.91. The quantitative estimate of drug-likeness (QED) is 0.383. The zero-order valence-corrected chi connectivity index (χ0v) is 14.3. The van der Waals surface area contributed by atoms with E-state index in [9.17, 15) is 0 Å². The van der Waals surface area contributed by atoms with Gasteiger partial charge in [-0.15, -0.1) is 0 Å². The Balaban J connectivity index is 1.64. The van der Waals surface area contributed by atoms with Crippen LogP contribution < -0.4 is 0 Å². The van der Waals surface area contributed by atoms with Gasteiger partial charge in [0.1, 0.15) is 0 Å². The fraction of sp³-hybridized carbons (Fsp3) is 0.130. The summed E-state index contributed by atoms with van der Waals surface area (Å²) >= 11 is 5.91. The Kier molecular flexibility index (Phi) is 3.89. The van der Waals surface area contributed by atoms with Crippen molar-refractivity contribution in [2.24, 2.45) is 0 Å². The zero-order valence-electron chi connectivity index (χ0n) is 13.6. The summed E-state index contributed by atoms with van der Waals surface area (Å²) in [5, 5.41) is 0.738. The molecule has 4 rings (SSSR count). The van der Waals surface area contributed by atoms with E-state index in [0.29, 0.717) is 0 Å². The first-order chi connectivity index (χ1) is 11.7. The van der Waals surface area contributed by atoms with Gasteiger partial charge >= 0.3 is 0 Å². The van der Waals surface area contributed by atoms with Gasteiger partial charge in [-0.3, -0.25) is 0 Å². The number of hydrogen-bond acceptors (Lipinski definition) is 0. The first-order valence-corrected chi connectivity index (χ1v) is 8.63. The van der Waals surface area contributed by atoms with E-state index in [2.05, 4.69) is 55.2 Å². The zero-order chi connectivity index (χ0) is 16.5. The Morgan fingerprint density at radius 1 is 0.792 bits per heavy atom. The van der Waals surface area contributed by atoms with E-state index in [-0.39, 0.29) is 0 Å². The molecule has 0 heterocycles. The Bertz CT molecular complexity index is 969. The smallest absolute Gasteiger partial charge is 0.0406 e. The topological polar surface area (TPSA) is 0 Å². The molecule has 0 unspecified atom stereocenters. The van der Waals surface area contributed by atoms with Gasteiger partial charge in [0.15, 0.2) is 0 Å². The minimum atomic E-state index is 0.738. The number of benzene rings is 3. The molecule has 0 bridgehead atoms. The molecule has 0 aromatic heterocycles. The molecule has 116 valence electrons. The second-order valence-electron chi connectivity index (χ2n) is 6.15. The van der Waals surface area contributed by atoms with Crippen LogP contribution in [0.4, 0.5) is 0 Å². The number of rotatable bonds is 1. The van der Waals surface area contributed by atoms with E-state index in [4.69, 9.17) is 11.6 Å². The van der Waals surface area contributed by atoms with Crippen molar-refractivity contribution < 1.29 is 0 Å². The van der Waals surface area contributed by atoms with Gasteiger partial charge in [-0.05, 0) is 77.1 Å². The summed E-state index contributed by atoms with van der Waals surface area (Å²) in [6.07, 6.45) is 2.09. The molecule has 0 amide bonds. The normalized spacial score (nSPS) is 11.4. The molecule has 24 heavy (non-hydrogen) atoms. The van der Waals surface area contributed by atoms with Crippen molar-refractivity contribution in [1.82, 2.24) is 0 Å². The van der Waals surface area contributed by atoms with Crippen molar-refractivity contribution in [3.8, 4) is 23.0 Å². The lowest BCUT2D eigenvalue weighted by molar-refractivity contribution is 1.12. The molecule has 1 aliphatic rings. The third-order valence-electron chi connectivity index (χ3n) is 4.55. The minimum Gasteiger partial charge on any atom is -0.0843 e. The molecule has 0 saturated carbocycles. The van der Waals surface area contributed by atoms with Crippen LogP contribution in [0.25, 0.3) is 11.1 Å². The molecule has 0 radical (unpaired) electrons. The molecule has 0 aliphatic heterocycles. The standard InChI is InChI=1S/C23H17Cl/c1-2-16-7-11-22-19(13-16)15-20-14-18(8-12-23(20)22)4-3-17-5-9-21(24)10-6-17/h5-14H,2,15H2,1H3. The molecule has 0 fully saturated rings. The van der Waals surface area contributed by atoms with Gasteiger partial charge in [0.2, 0.25) is 0 Å². The molecule has 1 aliphatic carbocycles. The highest BCUT2D eigenvalue weighted by Crippen LogP contribution is 2.37. The molecule has 0 spiro atoms. The van der Waals surface area contributed by atoms with Crippen LogP contribution in [0.3, 0.4) is 0 Å². The fourth-order valence-electron chi connectivity index (χ4n) is 3.24. The average Bonchev–Trinajstić information content (AvgIpc) is 2.97. The second-order valence-corrected chi connectivity index (χ2v) is 6.59. The van der Waals surface area contributed by atoms with Crippen molar-refractivity contribution in [1.29, 1.82) is 0 Å². The second kappa shape index (κ2) is 6.19. The number of aryl methyl sites for hydroxylation is 1. The van der Waals surface area contributed by atoms with Crippen LogP contribution in [-0.2, 0) is 12.8 Å². The Morgan fingerprint density at radius 3 is 2.17 bits per heavy atom. The summed E-state index contributed by atoms with van der Waals surface area (Å²) in [6, 6.07) is 21.0. The van der Waals surface area contributed by atoms with Crippen molar-refractivity contribution in [3.63, 3.8) is 0 Å². The monoisotopic (exact) mass is 328 g/mol. The van der Waals surface area contributed by atoms with E-state index < -0.39 is 0 Å². The van der Waals surface area contributed by atoms with Crippen LogP contribution in [-0.4, -0.2) is 0 Å². The summed E-state index contributed by atoms with van der Waals surface area (Å²) in [4.78, 5) is 0. The van der Waals surface area contributed by atoms with Crippen molar-refractivity contribution in [2.45, 2.75) is 19.8 Å². The van der Waals surface area contributed by atoms with E-state index >= 15 is 0 Å². The summed E-state index contributed by atoms with van der Waals surface area (Å²) in [6.45, 7) is 2.20. The summed E-state index contributed by atoms with van der Waals surface area (Å²) in [7, 11) is 0. The summed E-state index contributed by atoms with van der Waals surface area (Å²) in [5.74, 6) is 6.48. The highest BCUT2D eigenvalue weighted by molar-refractivity contribution is 6.30. The first-order valence-electron chi connectivity index (χ1n) is 8.25. The van der Waals surface area contributed by atoms with Crippen LogP contribution in [0, 0.1) is 11.8 Å². The number of hydrogen-bond donors (Lipinski definition) is 0. The van der Waals surface area contributed by atoms with E-state index in [1.165, 1.54) is 27.8 Å². The van der Waals surface area contributed by atoms with Gasteiger partial charge in [0.05, 0.1) is 0 Å². The van der Waals surface area contributed by atoms with Crippen molar-refractivity contribution >= 4 is 11.6 Å². The molecule has 0 N–H and O–H groups in total. The van der Waals surface area contributed by atoms with Gasteiger partial charge in [0, 0.05) is 16.1 Å². The first kappa shape index (κ1) is 15.1. The lowest BCUT2D eigenvalue weighted by atomic mass is 10.0. The van der Waals surface area contributed by atoms with Crippen LogP contribution in [0.1, 0.15) is 34.7 Å². The van der Waals surface area contributed by atoms with Gasteiger partial charge in [-0.1, -0.05) is 54.6 Å². The van der Waals surface area contributed by atoms with Gasteiger partial charge in [-0.2, -0.15) is 0 Å². The Hall–Kier alpha value is -2.49. The van der Waals surface area contributed by atoms with Gasteiger partial charge in [0.25, 0.3) is 0 Å². The van der Waals surface area contributed by atoms with Crippen LogP contribution in [0.2, 0.25) is 5.02 Å². The van der Waals surface area contributed by atoms with Crippen molar-refractivity contribution in [2.75, 3.05) is 0 Å². The van der Waals surface area contributed by atoms with Gasteiger partial charge < -0.3 is 0 Å². The van der Waals surface area contributed by atoms with E-state index in [0.717, 1.165) is 29.0 Å². The van der Waals surface area contributed by atoms with Crippen molar-refractivity contribution in [3.05, 3.63) is 93.5 Å². The highest BCUT2D eigenvalue weighted by Gasteiger charge is 2.18. The fourth-order valence-corrected chi connectivity index (χ4v) is 3.37. The largest absolute Gasteiger partial charge is 0.0843 e. The van der Waals surface area contributed by atoms with Crippen LogP contribution in [0.15, 0.2) is 60.7 Å². The number of halogens is 1. The highest BCUT2D eigenvalue weighted by atomic mass is 35.5. The molecule has 0 saturated heterocycles. The molecular formula is C23H17Cl. The molecule has 1 heteroatoms. The minimum absolute atomic E-state index is 0.738. The molecule has 0 atom stereocenters. The average molecular weight is 329 g/mol. The lowest BCUT2D eigenvalue weighted by Crippen LogP contribution is -1.85. The Morgan fingerprint density at radius 2 is 1.42 bits per heavy atom. The summed E-state index contributed by atoms with van der Waals surface area (Å²) < 4.78 is 0. The lowest BCUT2D eigenvalue weighted by Gasteiger charge is -2.03. The SMILES string of the molecule is CCc1ccc2c(c1)Cc1cc(C#Cc3ccc(Cl)cc3)ccc1-2. The third kappa shape index (κ3) is 2.84. The molecule has 3 aromatic rings. The van der Waals surface area contributed by atoms with Crippen LogP contribution >= 0.6 is 11.6 Å². The van der Waals surface area contributed by atoms with E-state index in [1.807, 2.05) is 24.3 Å². The molecule has 3 aromatic carbocycles. The third-order valence-corrected chi connectivity index (χ3v) is 4.80.